The lowest BCUT2D eigenvalue weighted by atomic mass is 10.1. The molecule has 20 heavy (non-hydrogen) atoms. The van der Waals surface area contributed by atoms with Gasteiger partial charge in [0, 0.05) is 6.61 Å². The molecule has 0 aliphatic carbocycles. The Labute approximate surface area is 120 Å². The Morgan fingerprint density at radius 2 is 2.05 bits per heavy atom. The van der Waals surface area contributed by atoms with Crippen molar-refractivity contribution < 1.29 is 19.0 Å². The van der Waals surface area contributed by atoms with Gasteiger partial charge in [-0.3, -0.25) is 0 Å². The minimum absolute atomic E-state index is 0.301. The van der Waals surface area contributed by atoms with E-state index in [1.54, 1.807) is 25.1 Å². The number of hydrogen-bond donors (Lipinski definition) is 1. The summed E-state index contributed by atoms with van der Waals surface area (Å²) in [6, 6.07) is 5.06. The Morgan fingerprint density at radius 3 is 2.70 bits per heavy atom. The van der Waals surface area contributed by atoms with E-state index in [1.807, 2.05) is 0 Å². The fraction of sp³-hybridized carbons (Fsp3) is 0.533. The standard InChI is InChI=1S/C15H23NO4/c1-4-19-15(17)12-6-5-7-13(14(12)16)20-9-8-18-10-11(2)3/h5-7,11H,4,8-10,16H2,1-3H3. The van der Waals surface area contributed by atoms with Crippen LogP contribution in [-0.4, -0.2) is 32.4 Å². The summed E-state index contributed by atoms with van der Waals surface area (Å²) in [5.74, 6) is 0.530. The van der Waals surface area contributed by atoms with Gasteiger partial charge in [0.2, 0.25) is 0 Å². The van der Waals surface area contributed by atoms with Gasteiger partial charge in [-0.25, -0.2) is 4.79 Å². The molecule has 2 N–H and O–H groups in total. The second-order valence-corrected chi connectivity index (χ2v) is 4.76. The van der Waals surface area contributed by atoms with Gasteiger partial charge >= 0.3 is 5.97 Å². The van der Waals surface area contributed by atoms with Crippen LogP contribution >= 0.6 is 0 Å². The molecule has 0 spiro atoms. The largest absolute Gasteiger partial charge is 0.489 e. The van der Waals surface area contributed by atoms with Crippen LogP contribution in [0.1, 0.15) is 31.1 Å². The number of hydrogen-bond acceptors (Lipinski definition) is 5. The van der Waals surface area contributed by atoms with Crippen LogP contribution in [0.4, 0.5) is 5.69 Å². The van der Waals surface area contributed by atoms with E-state index in [9.17, 15) is 4.79 Å². The molecular weight excluding hydrogens is 258 g/mol. The molecule has 0 amide bonds. The molecule has 112 valence electrons. The SMILES string of the molecule is CCOC(=O)c1cccc(OCCOCC(C)C)c1N. The van der Waals surface area contributed by atoms with E-state index >= 15 is 0 Å². The number of ether oxygens (including phenoxy) is 3. The molecular formula is C15H23NO4. The molecule has 5 nitrogen and oxygen atoms in total. The zero-order valence-corrected chi connectivity index (χ0v) is 12.3. The Bertz CT molecular complexity index is 432. The van der Waals surface area contributed by atoms with Crippen molar-refractivity contribution in [2.45, 2.75) is 20.8 Å². The molecule has 0 fully saturated rings. The molecule has 1 rings (SSSR count). The van der Waals surface area contributed by atoms with Crippen LogP contribution in [0.5, 0.6) is 5.75 Å². The summed E-state index contributed by atoms with van der Waals surface area (Å²) < 4.78 is 15.9. The maximum atomic E-state index is 11.7. The van der Waals surface area contributed by atoms with Crippen molar-refractivity contribution in [3.8, 4) is 5.75 Å². The van der Waals surface area contributed by atoms with Crippen molar-refractivity contribution in [1.82, 2.24) is 0 Å². The first kappa shape index (κ1) is 16.3. The van der Waals surface area contributed by atoms with Gasteiger partial charge in [-0.05, 0) is 25.0 Å². The average Bonchev–Trinajstić information content (AvgIpc) is 2.40. The van der Waals surface area contributed by atoms with E-state index < -0.39 is 5.97 Å². The summed E-state index contributed by atoms with van der Waals surface area (Å²) in [7, 11) is 0. The topological polar surface area (TPSA) is 70.8 Å². The minimum Gasteiger partial charge on any atom is -0.489 e. The Hall–Kier alpha value is -1.75. The lowest BCUT2D eigenvalue weighted by Gasteiger charge is -2.12. The molecule has 0 aromatic heterocycles. The van der Waals surface area contributed by atoms with Gasteiger partial charge in [0.25, 0.3) is 0 Å². The molecule has 0 radical (unpaired) electrons. The molecule has 0 unspecified atom stereocenters. The van der Waals surface area contributed by atoms with Crippen molar-refractivity contribution in [3.05, 3.63) is 23.8 Å². The van der Waals surface area contributed by atoms with Gasteiger partial charge in [-0.15, -0.1) is 0 Å². The van der Waals surface area contributed by atoms with Crippen LogP contribution in [0.15, 0.2) is 18.2 Å². The highest BCUT2D eigenvalue weighted by atomic mass is 16.5. The van der Waals surface area contributed by atoms with Crippen LogP contribution in [0.25, 0.3) is 0 Å². The summed E-state index contributed by atoms with van der Waals surface area (Å²) in [6.45, 7) is 7.81. The summed E-state index contributed by atoms with van der Waals surface area (Å²) in [5.41, 5.74) is 6.54. The molecule has 0 heterocycles. The summed E-state index contributed by atoms with van der Waals surface area (Å²) in [6.07, 6.45) is 0. The van der Waals surface area contributed by atoms with E-state index in [-0.39, 0.29) is 0 Å². The fourth-order valence-corrected chi connectivity index (χ4v) is 1.59. The quantitative estimate of drug-likeness (QED) is 0.450. The maximum Gasteiger partial charge on any atom is 0.340 e. The molecule has 0 bridgehead atoms. The smallest absolute Gasteiger partial charge is 0.340 e. The van der Waals surface area contributed by atoms with Gasteiger partial charge in [-0.2, -0.15) is 0 Å². The summed E-state index contributed by atoms with van der Waals surface area (Å²) >= 11 is 0. The number of benzene rings is 1. The zero-order valence-electron chi connectivity index (χ0n) is 12.3. The van der Waals surface area contributed by atoms with Gasteiger partial charge in [0.1, 0.15) is 12.4 Å². The molecule has 0 saturated carbocycles. The first-order valence-electron chi connectivity index (χ1n) is 6.82. The van der Waals surface area contributed by atoms with E-state index in [1.165, 1.54) is 0 Å². The number of anilines is 1. The molecule has 0 aliphatic rings. The van der Waals surface area contributed by atoms with Crippen LogP contribution in [0, 0.1) is 5.92 Å². The van der Waals surface area contributed by atoms with Crippen LogP contribution < -0.4 is 10.5 Å². The highest BCUT2D eigenvalue weighted by Crippen LogP contribution is 2.25. The molecule has 1 aromatic carbocycles. The average molecular weight is 281 g/mol. The van der Waals surface area contributed by atoms with Gasteiger partial charge in [-0.1, -0.05) is 19.9 Å². The van der Waals surface area contributed by atoms with Crippen LogP contribution in [0.3, 0.4) is 0 Å². The van der Waals surface area contributed by atoms with Crippen LogP contribution in [0.2, 0.25) is 0 Å². The molecule has 0 atom stereocenters. The summed E-state index contributed by atoms with van der Waals surface area (Å²) in [4.78, 5) is 11.7. The number of esters is 1. The Morgan fingerprint density at radius 1 is 1.30 bits per heavy atom. The van der Waals surface area contributed by atoms with Crippen LogP contribution in [-0.2, 0) is 9.47 Å². The lowest BCUT2D eigenvalue weighted by molar-refractivity contribution is 0.0527. The van der Waals surface area contributed by atoms with Crippen molar-refractivity contribution in [3.63, 3.8) is 0 Å². The molecule has 0 aliphatic heterocycles. The Balaban J connectivity index is 2.54. The fourth-order valence-electron chi connectivity index (χ4n) is 1.59. The maximum absolute atomic E-state index is 11.7. The highest BCUT2D eigenvalue weighted by Gasteiger charge is 2.14. The van der Waals surface area contributed by atoms with E-state index in [0.717, 1.165) is 0 Å². The zero-order chi connectivity index (χ0) is 15.0. The lowest BCUT2D eigenvalue weighted by Crippen LogP contribution is -2.13. The second-order valence-electron chi connectivity index (χ2n) is 4.76. The number of carbonyl (C=O) groups excluding carboxylic acids is 1. The Kier molecular flexibility index (Phi) is 6.87. The van der Waals surface area contributed by atoms with Gasteiger partial charge < -0.3 is 19.9 Å². The number of carbonyl (C=O) groups is 1. The van der Waals surface area contributed by atoms with Crippen molar-refractivity contribution in [1.29, 1.82) is 0 Å². The first-order valence-corrected chi connectivity index (χ1v) is 6.82. The number of para-hydroxylation sites is 1. The number of nitrogens with two attached hydrogens (primary N) is 1. The monoisotopic (exact) mass is 281 g/mol. The third kappa shape index (κ3) is 5.09. The van der Waals surface area contributed by atoms with E-state index in [4.69, 9.17) is 19.9 Å². The number of nitrogen functional groups attached to an aromatic ring is 1. The highest BCUT2D eigenvalue weighted by molar-refractivity contribution is 5.96. The van der Waals surface area contributed by atoms with Gasteiger partial charge in [0.15, 0.2) is 0 Å². The summed E-state index contributed by atoms with van der Waals surface area (Å²) in [5, 5.41) is 0. The number of rotatable bonds is 8. The van der Waals surface area contributed by atoms with Gasteiger partial charge in [0.05, 0.1) is 24.5 Å². The third-order valence-corrected chi connectivity index (χ3v) is 2.50. The molecule has 5 heteroatoms. The normalized spacial score (nSPS) is 10.6. The second kappa shape index (κ2) is 8.43. The van der Waals surface area contributed by atoms with Crippen molar-refractivity contribution >= 4 is 11.7 Å². The predicted octanol–water partition coefficient (Wildman–Crippen LogP) is 2.50. The molecule has 0 saturated heterocycles. The predicted molar refractivity (Wildman–Crippen MR) is 78.0 cm³/mol. The van der Waals surface area contributed by atoms with Crippen molar-refractivity contribution in [2.75, 3.05) is 32.2 Å². The third-order valence-electron chi connectivity index (χ3n) is 2.50. The first-order chi connectivity index (χ1) is 9.56. The van der Waals surface area contributed by atoms with E-state index in [2.05, 4.69) is 13.8 Å². The van der Waals surface area contributed by atoms with Crippen molar-refractivity contribution in [2.24, 2.45) is 5.92 Å². The molecule has 1 aromatic rings. The van der Waals surface area contributed by atoms with E-state index in [0.29, 0.717) is 49.3 Å². The minimum atomic E-state index is -0.438.